The van der Waals surface area contributed by atoms with Crippen molar-refractivity contribution in [3.63, 3.8) is 0 Å². The maximum absolute atomic E-state index is 14.1. The lowest BCUT2D eigenvalue weighted by Gasteiger charge is -2.45. The quantitative estimate of drug-likeness (QED) is 0.515. The highest BCUT2D eigenvalue weighted by atomic mass is 16.6. The molecule has 5 rings (SSSR count). The fourth-order valence-corrected chi connectivity index (χ4v) is 4.73. The van der Waals surface area contributed by atoms with Crippen molar-refractivity contribution in [3.05, 3.63) is 53.1 Å². The summed E-state index contributed by atoms with van der Waals surface area (Å²) in [4.78, 5) is 26.4. The Labute approximate surface area is 191 Å². The molecule has 0 aliphatic carbocycles. The predicted octanol–water partition coefficient (Wildman–Crippen LogP) is 3.38. The van der Waals surface area contributed by atoms with E-state index in [9.17, 15) is 9.59 Å². The SMILES string of the molecule is C=C(C)[C@H]1Cc2c(ccc3c2OC2COc4cc(OC)c(OC)cc4C2(OC(C)=O)C3=O)O1. The van der Waals surface area contributed by atoms with E-state index in [0.717, 1.165) is 11.1 Å². The molecule has 0 N–H and O–H groups in total. The number of hydrogen-bond acceptors (Lipinski definition) is 8. The van der Waals surface area contributed by atoms with Crippen molar-refractivity contribution >= 4 is 11.8 Å². The molecule has 0 saturated heterocycles. The molecule has 8 nitrogen and oxygen atoms in total. The second kappa shape index (κ2) is 7.43. The highest BCUT2D eigenvalue weighted by Crippen LogP contribution is 2.53. The van der Waals surface area contributed by atoms with Gasteiger partial charge in [-0.25, -0.2) is 0 Å². The average molecular weight is 452 g/mol. The maximum Gasteiger partial charge on any atom is 0.304 e. The Morgan fingerprint density at radius 3 is 2.48 bits per heavy atom. The molecule has 0 aromatic heterocycles. The molecule has 8 heteroatoms. The van der Waals surface area contributed by atoms with Crippen LogP contribution >= 0.6 is 0 Å². The Bertz CT molecular complexity index is 1200. The molecular weight excluding hydrogens is 428 g/mol. The van der Waals surface area contributed by atoms with Crippen LogP contribution in [0.25, 0.3) is 0 Å². The fourth-order valence-electron chi connectivity index (χ4n) is 4.73. The predicted molar refractivity (Wildman–Crippen MR) is 117 cm³/mol. The summed E-state index contributed by atoms with van der Waals surface area (Å²) in [6, 6.07) is 6.61. The van der Waals surface area contributed by atoms with E-state index < -0.39 is 17.7 Å². The van der Waals surface area contributed by atoms with E-state index >= 15 is 0 Å². The summed E-state index contributed by atoms with van der Waals surface area (Å²) in [5.41, 5.74) is 0.613. The number of Topliss-reactive ketones (excluding diaryl/α,β-unsaturated/α-hetero) is 1. The molecule has 3 heterocycles. The number of ether oxygens (including phenoxy) is 6. The smallest absolute Gasteiger partial charge is 0.304 e. The molecule has 33 heavy (non-hydrogen) atoms. The number of esters is 1. The lowest BCUT2D eigenvalue weighted by Crippen LogP contribution is -2.59. The third-order valence-corrected chi connectivity index (χ3v) is 6.30. The van der Waals surface area contributed by atoms with Gasteiger partial charge < -0.3 is 28.4 Å². The van der Waals surface area contributed by atoms with E-state index in [4.69, 9.17) is 28.4 Å². The Hall–Kier alpha value is -3.68. The van der Waals surface area contributed by atoms with Gasteiger partial charge in [-0.3, -0.25) is 9.59 Å². The zero-order chi connectivity index (χ0) is 23.5. The van der Waals surface area contributed by atoms with Gasteiger partial charge in [-0.2, -0.15) is 0 Å². The Morgan fingerprint density at radius 1 is 1.09 bits per heavy atom. The zero-order valence-corrected chi connectivity index (χ0v) is 18.9. The first-order chi connectivity index (χ1) is 15.8. The summed E-state index contributed by atoms with van der Waals surface area (Å²) >= 11 is 0. The topological polar surface area (TPSA) is 89.5 Å². The third-order valence-electron chi connectivity index (χ3n) is 6.30. The van der Waals surface area contributed by atoms with Crippen LogP contribution < -0.4 is 23.7 Å². The van der Waals surface area contributed by atoms with Gasteiger partial charge in [0.25, 0.3) is 0 Å². The molecule has 3 aliphatic heterocycles. The van der Waals surface area contributed by atoms with Crippen molar-refractivity contribution in [1.29, 1.82) is 0 Å². The van der Waals surface area contributed by atoms with Crippen LogP contribution in [0.3, 0.4) is 0 Å². The summed E-state index contributed by atoms with van der Waals surface area (Å²) < 4.78 is 34.9. The van der Waals surface area contributed by atoms with E-state index in [1.807, 2.05) is 6.92 Å². The number of methoxy groups -OCH3 is 2. The molecule has 0 bridgehead atoms. The standard InChI is InChI=1S/C25H24O8/c1-12(2)18-8-15-17(31-18)7-6-14-23(15)32-22-11-30-19-10-21(29-5)20(28-4)9-16(19)25(22,24(14)27)33-13(3)26/h6-7,9-10,18,22H,1,8,11H2,2-5H3/t18-,22?,25?/m1/s1. The molecule has 172 valence electrons. The van der Waals surface area contributed by atoms with Gasteiger partial charge in [-0.05, 0) is 30.7 Å². The molecule has 2 aromatic carbocycles. The van der Waals surface area contributed by atoms with Crippen LogP contribution in [0.1, 0.15) is 35.3 Å². The molecule has 0 fully saturated rings. The lowest BCUT2D eigenvalue weighted by atomic mass is 9.76. The van der Waals surface area contributed by atoms with E-state index in [0.29, 0.717) is 46.3 Å². The summed E-state index contributed by atoms with van der Waals surface area (Å²) in [5.74, 6) is 1.24. The van der Waals surface area contributed by atoms with E-state index in [1.165, 1.54) is 21.1 Å². The summed E-state index contributed by atoms with van der Waals surface area (Å²) in [5, 5.41) is 0. The van der Waals surface area contributed by atoms with Gasteiger partial charge in [0, 0.05) is 25.0 Å². The van der Waals surface area contributed by atoms with Crippen molar-refractivity contribution < 1.29 is 38.0 Å². The first-order valence-electron chi connectivity index (χ1n) is 10.6. The second-order valence-corrected chi connectivity index (χ2v) is 8.36. The van der Waals surface area contributed by atoms with Gasteiger partial charge in [0.2, 0.25) is 11.4 Å². The molecule has 2 aromatic rings. The minimum atomic E-state index is -1.73. The van der Waals surface area contributed by atoms with Crippen molar-refractivity contribution in [2.75, 3.05) is 20.8 Å². The number of fused-ring (bicyclic) bond motifs is 6. The molecule has 3 atom stereocenters. The average Bonchev–Trinajstić information content (AvgIpc) is 3.24. The van der Waals surface area contributed by atoms with Crippen molar-refractivity contribution in [3.8, 4) is 28.7 Å². The molecule has 0 spiro atoms. The van der Waals surface area contributed by atoms with Gasteiger partial charge in [0.05, 0.1) is 25.3 Å². The number of hydrogen-bond donors (Lipinski definition) is 0. The highest BCUT2D eigenvalue weighted by molar-refractivity contribution is 6.08. The second-order valence-electron chi connectivity index (χ2n) is 8.36. The first kappa shape index (κ1) is 21.2. The number of carbonyl (C=O) groups excluding carboxylic acids is 2. The first-order valence-corrected chi connectivity index (χ1v) is 10.6. The van der Waals surface area contributed by atoms with Gasteiger partial charge in [0.15, 0.2) is 17.6 Å². The van der Waals surface area contributed by atoms with Gasteiger partial charge in [0.1, 0.15) is 30.0 Å². The monoisotopic (exact) mass is 452 g/mol. The summed E-state index contributed by atoms with van der Waals surface area (Å²) in [6.45, 7) is 7.13. The Balaban J connectivity index is 1.70. The van der Waals surface area contributed by atoms with Crippen LogP contribution in [-0.2, 0) is 21.6 Å². The van der Waals surface area contributed by atoms with Crippen LogP contribution in [0.15, 0.2) is 36.4 Å². The third kappa shape index (κ3) is 2.97. The van der Waals surface area contributed by atoms with Crippen molar-refractivity contribution in [2.45, 2.75) is 38.1 Å². The number of ketones is 1. The van der Waals surface area contributed by atoms with E-state index in [2.05, 4.69) is 6.58 Å². The fraction of sp³-hybridized carbons (Fsp3) is 0.360. The molecular formula is C25H24O8. The van der Waals surface area contributed by atoms with Crippen molar-refractivity contribution in [2.24, 2.45) is 0 Å². The number of benzene rings is 2. The Morgan fingerprint density at radius 2 is 1.82 bits per heavy atom. The highest BCUT2D eigenvalue weighted by Gasteiger charge is 2.60. The summed E-state index contributed by atoms with van der Waals surface area (Å²) in [7, 11) is 2.99. The van der Waals surface area contributed by atoms with Crippen LogP contribution in [0.2, 0.25) is 0 Å². The minimum Gasteiger partial charge on any atom is -0.493 e. The maximum atomic E-state index is 14.1. The summed E-state index contributed by atoms with van der Waals surface area (Å²) in [6.07, 6.45) is -0.551. The number of rotatable bonds is 4. The van der Waals surface area contributed by atoms with Crippen molar-refractivity contribution in [1.82, 2.24) is 0 Å². The van der Waals surface area contributed by atoms with E-state index in [-0.39, 0.29) is 18.5 Å². The molecule has 3 aliphatic rings. The van der Waals surface area contributed by atoms with E-state index in [1.54, 1.807) is 24.3 Å². The van der Waals surface area contributed by atoms with Crippen LogP contribution in [0.4, 0.5) is 0 Å². The van der Waals surface area contributed by atoms with Gasteiger partial charge >= 0.3 is 5.97 Å². The minimum absolute atomic E-state index is 0.00458. The van der Waals surface area contributed by atoms with Crippen LogP contribution in [0.5, 0.6) is 28.7 Å². The molecule has 0 amide bonds. The zero-order valence-electron chi connectivity index (χ0n) is 18.9. The van der Waals surface area contributed by atoms with Gasteiger partial charge in [-0.15, -0.1) is 0 Å². The molecule has 0 radical (unpaired) electrons. The van der Waals surface area contributed by atoms with Crippen LogP contribution in [-0.4, -0.2) is 44.8 Å². The van der Waals surface area contributed by atoms with Gasteiger partial charge in [-0.1, -0.05) is 6.58 Å². The molecule has 0 saturated carbocycles. The largest absolute Gasteiger partial charge is 0.493 e. The normalized spacial score (nSPS) is 24.1. The van der Waals surface area contributed by atoms with Crippen LogP contribution in [0, 0.1) is 0 Å². The lowest BCUT2D eigenvalue weighted by molar-refractivity contribution is -0.168. The Kier molecular flexibility index (Phi) is 4.77. The number of carbonyl (C=O) groups is 2. The molecule has 2 unspecified atom stereocenters.